The first kappa shape index (κ1) is 14.2. The van der Waals surface area contributed by atoms with Gasteiger partial charge in [-0.15, -0.1) is 0 Å². The third kappa shape index (κ3) is 4.95. The predicted octanol–water partition coefficient (Wildman–Crippen LogP) is 4.60. The number of hydrogen-bond acceptors (Lipinski definition) is 0. The summed E-state index contributed by atoms with van der Waals surface area (Å²) in [7, 11) is 0. The van der Waals surface area contributed by atoms with Crippen LogP contribution in [0.15, 0.2) is 48.5 Å². The Bertz CT molecular complexity index is 420. The Morgan fingerprint density at radius 1 is 1.00 bits per heavy atom. The van der Waals surface area contributed by atoms with Gasteiger partial charge in [0.1, 0.15) is 5.82 Å². The van der Waals surface area contributed by atoms with Crippen LogP contribution in [-0.2, 0) is 0 Å². The quantitative estimate of drug-likeness (QED) is 0.656. The molecule has 4 heteroatoms. The summed E-state index contributed by atoms with van der Waals surface area (Å²) in [5.74, 6) is -0.203. The van der Waals surface area contributed by atoms with E-state index < -0.39 is 0 Å². The zero-order chi connectivity index (χ0) is 11.8. The van der Waals surface area contributed by atoms with Gasteiger partial charge in [-0.05, 0) is 29.3 Å². The molecule has 0 bridgehead atoms. The summed E-state index contributed by atoms with van der Waals surface area (Å²) in [5.41, 5.74) is 1.91. The second-order valence-corrected chi connectivity index (χ2v) is 11.0. The Labute approximate surface area is 117 Å². The zero-order valence-electron chi connectivity index (χ0n) is 8.46. The summed E-state index contributed by atoms with van der Waals surface area (Å²) in [4.78, 5) is 0. The minimum absolute atomic E-state index is 0.0417. The van der Waals surface area contributed by atoms with Gasteiger partial charge >= 0.3 is 16.0 Å². The van der Waals surface area contributed by atoms with Crippen LogP contribution < -0.4 is 0 Å². The summed E-state index contributed by atoms with van der Waals surface area (Å²) in [5, 5.41) is 0. The largest absolute Gasteiger partial charge is 0.560 e. The monoisotopic (exact) mass is 353 g/mol. The molecule has 0 unspecified atom stereocenters. The molecule has 0 aliphatic rings. The Morgan fingerprint density at radius 3 is 2.19 bits per heavy atom. The molecule has 0 N–H and O–H groups in total. The van der Waals surface area contributed by atoms with Crippen LogP contribution in [0.25, 0.3) is 11.1 Å². The maximum absolute atomic E-state index is 12.8. The van der Waals surface area contributed by atoms with E-state index in [9.17, 15) is 4.39 Å². The average molecular weight is 355 g/mol. The molecule has 0 heterocycles. The van der Waals surface area contributed by atoms with E-state index in [0.717, 1.165) is 11.1 Å². The molecular weight excluding hydrogens is 347 g/mol. The van der Waals surface area contributed by atoms with Gasteiger partial charge < -0.3 is 0 Å². The lowest BCUT2D eigenvalue weighted by molar-refractivity contribution is 0.628. The van der Waals surface area contributed by atoms with Crippen molar-refractivity contribution in [2.75, 3.05) is 0 Å². The van der Waals surface area contributed by atoms with Gasteiger partial charge in [0.05, 0.1) is 0 Å². The Balaban J connectivity index is 0.000000386. The van der Waals surface area contributed by atoms with Crippen LogP contribution in [0, 0.1) is 11.9 Å². The molecule has 16 heavy (non-hydrogen) atoms. The molecule has 0 spiro atoms. The Kier molecular flexibility index (Phi) is 7.28. The summed E-state index contributed by atoms with van der Waals surface area (Å²) < 4.78 is 12.8. The number of halogens is 3. The molecular formula is C12H8Br2FMg. The van der Waals surface area contributed by atoms with E-state index in [4.69, 9.17) is 0 Å². The molecule has 1 radical (unpaired) electrons. The van der Waals surface area contributed by atoms with Crippen LogP contribution >= 0.6 is 25.8 Å². The first-order chi connectivity index (χ1) is 7.77. The van der Waals surface area contributed by atoms with Crippen molar-refractivity contribution >= 4 is 41.8 Å². The highest BCUT2D eigenvalue weighted by molar-refractivity contribution is 9.47. The van der Waals surface area contributed by atoms with Crippen molar-refractivity contribution in [3.8, 4) is 11.1 Å². The van der Waals surface area contributed by atoms with Crippen molar-refractivity contribution in [2.45, 2.75) is 0 Å². The fraction of sp³-hybridized carbons (Fsp3) is 0. The minimum atomic E-state index is -0.203. The molecule has 0 saturated carbocycles. The fourth-order valence-electron chi connectivity index (χ4n) is 1.25. The molecule has 0 aliphatic carbocycles. The van der Waals surface area contributed by atoms with E-state index in [-0.39, 0.29) is 21.8 Å². The minimum Gasteiger partial charge on any atom is -0.280 e. The smallest absolute Gasteiger partial charge is 0.280 e. The van der Waals surface area contributed by atoms with Crippen LogP contribution in [0.5, 0.6) is 0 Å². The summed E-state index contributed by atoms with van der Waals surface area (Å²) in [6, 6.07) is 16.9. The summed E-state index contributed by atoms with van der Waals surface area (Å²) >= 11 is 6.44. The average Bonchev–Trinajstić information content (AvgIpc) is 2.31. The molecule has 0 saturated heterocycles. The number of hydrogen-bond donors (Lipinski definition) is 0. The molecule has 0 atom stereocenters. The van der Waals surface area contributed by atoms with E-state index in [1.165, 1.54) is 12.1 Å². The maximum atomic E-state index is 12.8. The summed E-state index contributed by atoms with van der Waals surface area (Å²) in [6.45, 7) is 0. The predicted molar refractivity (Wildman–Crippen MR) is 74.3 cm³/mol. The van der Waals surface area contributed by atoms with Crippen LogP contribution in [0.2, 0.25) is 0 Å². The maximum Gasteiger partial charge on any atom is 0.560 e. The molecule has 0 aromatic heterocycles. The SMILES string of the molecule is Fc1cccc(-c2cc[c]cc2)c1.[Br][Mg][Br]. The van der Waals surface area contributed by atoms with Crippen LogP contribution in [0.4, 0.5) is 4.39 Å². The van der Waals surface area contributed by atoms with Gasteiger partial charge in [-0.25, -0.2) is 4.39 Å². The molecule has 2 aromatic carbocycles. The second kappa shape index (κ2) is 8.23. The summed E-state index contributed by atoms with van der Waals surface area (Å²) in [6.07, 6.45) is 0. The van der Waals surface area contributed by atoms with Gasteiger partial charge in [-0.3, -0.25) is 25.8 Å². The van der Waals surface area contributed by atoms with Gasteiger partial charge in [0.15, 0.2) is 0 Å². The lowest BCUT2D eigenvalue weighted by Gasteiger charge is -1.99. The lowest BCUT2D eigenvalue weighted by atomic mass is 10.1. The van der Waals surface area contributed by atoms with Gasteiger partial charge in [-0.2, -0.15) is 0 Å². The second-order valence-electron chi connectivity index (χ2n) is 2.90. The molecule has 0 aliphatic heterocycles. The van der Waals surface area contributed by atoms with Crippen molar-refractivity contribution in [2.24, 2.45) is 0 Å². The van der Waals surface area contributed by atoms with Gasteiger partial charge in [0, 0.05) is 0 Å². The first-order valence-electron chi connectivity index (χ1n) is 4.62. The normalized spacial score (nSPS) is 8.69. The van der Waals surface area contributed by atoms with E-state index in [0.29, 0.717) is 0 Å². The molecule has 0 nitrogen and oxygen atoms in total. The van der Waals surface area contributed by atoms with E-state index >= 15 is 0 Å². The molecule has 0 fully saturated rings. The zero-order valence-corrected chi connectivity index (χ0v) is 13.0. The molecule has 2 aromatic rings. The van der Waals surface area contributed by atoms with E-state index in [2.05, 4.69) is 31.8 Å². The van der Waals surface area contributed by atoms with Crippen LogP contribution in [0.1, 0.15) is 0 Å². The van der Waals surface area contributed by atoms with Crippen LogP contribution in [0.3, 0.4) is 0 Å². The van der Waals surface area contributed by atoms with Crippen molar-refractivity contribution in [1.29, 1.82) is 0 Å². The van der Waals surface area contributed by atoms with E-state index in [1.807, 2.05) is 30.3 Å². The lowest BCUT2D eigenvalue weighted by Crippen LogP contribution is -1.78. The highest BCUT2D eigenvalue weighted by atomic mass is 79.9. The molecule has 79 valence electrons. The molecule has 0 amide bonds. The standard InChI is InChI=1S/C12H8F.2BrH.Mg/c13-12-8-4-7-11(9-12)10-5-2-1-3-6-10;;;/h2-9H;2*1H;/q;;;+2/p-2. The third-order valence-corrected chi connectivity index (χ3v) is 1.88. The highest BCUT2D eigenvalue weighted by Gasteiger charge is 1.96. The Hall–Kier alpha value is 0.0962. The van der Waals surface area contributed by atoms with Crippen molar-refractivity contribution in [3.63, 3.8) is 0 Å². The van der Waals surface area contributed by atoms with Gasteiger partial charge in [0.2, 0.25) is 0 Å². The first-order valence-corrected chi connectivity index (χ1v) is 12.4. The van der Waals surface area contributed by atoms with Crippen LogP contribution in [-0.4, -0.2) is 16.0 Å². The third-order valence-electron chi connectivity index (χ3n) is 1.88. The van der Waals surface area contributed by atoms with Crippen molar-refractivity contribution in [1.82, 2.24) is 0 Å². The topological polar surface area (TPSA) is 0 Å². The highest BCUT2D eigenvalue weighted by Crippen LogP contribution is 2.18. The van der Waals surface area contributed by atoms with Gasteiger partial charge in [-0.1, -0.05) is 36.4 Å². The fourth-order valence-corrected chi connectivity index (χ4v) is 1.25. The number of rotatable bonds is 1. The molecule has 2 rings (SSSR count). The van der Waals surface area contributed by atoms with Crippen molar-refractivity contribution < 1.29 is 4.39 Å². The van der Waals surface area contributed by atoms with Gasteiger partial charge in [0.25, 0.3) is 0 Å². The number of benzene rings is 2. The Morgan fingerprint density at radius 2 is 1.62 bits per heavy atom. The van der Waals surface area contributed by atoms with E-state index in [1.54, 1.807) is 6.07 Å². The van der Waals surface area contributed by atoms with Crippen molar-refractivity contribution in [3.05, 3.63) is 60.4 Å².